The molecule has 0 radical (unpaired) electrons. The van der Waals surface area contributed by atoms with Crippen LogP contribution >= 0.6 is 0 Å². The second-order valence-electron chi connectivity index (χ2n) is 9.36. The van der Waals surface area contributed by atoms with Crippen LogP contribution in [0.5, 0.6) is 0 Å². The maximum absolute atomic E-state index is 13.9. The first kappa shape index (κ1) is 23.7. The highest BCUT2D eigenvalue weighted by molar-refractivity contribution is 5.65. The zero-order valence-corrected chi connectivity index (χ0v) is 20.8. The number of nitrogens with zero attached hydrogens (tertiary/aromatic N) is 7. The molecule has 0 bridgehead atoms. The van der Waals surface area contributed by atoms with Crippen molar-refractivity contribution in [2.45, 2.75) is 64.5 Å². The van der Waals surface area contributed by atoms with Gasteiger partial charge in [0.2, 0.25) is 0 Å². The second kappa shape index (κ2) is 10.3. The van der Waals surface area contributed by atoms with Crippen LogP contribution in [0.1, 0.15) is 50.8 Å². The number of imidazole rings is 1. The van der Waals surface area contributed by atoms with Gasteiger partial charge in [0.15, 0.2) is 5.82 Å². The van der Waals surface area contributed by atoms with Crippen molar-refractivity contribution in [3.63, 3.8) is 0 Å². The number of tetrazole rings is 1. The Morgan fingerprint density at radius 1 is 1.14 bits per heavy atom. The Balaban J connectivity index is 1.58. The highest BCUT2D eigenvalue weighted by atomic mass is 16.1. The molecule has 0 saturated heterocycles. The van der Waals surface area contributed by atoms with Crippen LogP contribution in [0, 0.1) is 0 Å². The summed E-state index contributed by atoms with van der Waals surface area (Å²) in [6, 6.07) is 12.2. The van der Waals surface area contributed by atoms with E-state index in [9.17, 15) is 4.79 Å². The lowest BCUT2D eigenvalue weighted by Crippen LogP contribution is -2.37. The molecule has 0 amide bonds. The van der Waals surface area contributed by atoms with Gasteiger partial charge in [0, 0.05) is 54.6 Å². The average Bonchev–Trinajstić information content (AvgIpc) is 3.66. The molecule has 4 aromatic rings. The number of aromatic amines is 1. The van der Waals surface area contributed by atoms with Gasteiger partial charge < -0.3 is 4.57 Å². The summed E-state index contributed by atoms with van der Waals surface area (Å²) in [7, 11) is 0. The third-order valence-electron chi connectivity index (χ3n) is 6.91. The normalized spacial score (nSPS) is 17.2. The van der Waals surface area contributed by atoms with Gasteiger partial charge in [0.1, 0.15) is 5.82 Å². The first-order valence-electron chi connectivity index (χ1n) is 12.7. The van der Waals surface area contributed by atoms with Crippen LogP contribution in [-0.2, 0) is 24.9 Å². The molecule has 1 unspecified atom stereocenters. The predicted molar refractivity (Wildman–Crippen MR) is 140 cm³/mol. The van der Waals surface area contributed by atoms with Crippen molar-refractivity contribution in [1.82, 2.24) is 34.3 Å². The first-order chi connectivity index (χ1) is 17.6. The smallest absolute Gasteiger partial charge is 0.334 e. The minimum Gasteiger partial charge on any atom is -0.334 e. The highest BCUT2D eigenvalue weighted by Crippen LogP contribution is 2.35. The fraction of sp³-hybridized carbons (Fsp3) is 0.370. The maximum atomic E-state index is 13.9. The van der Waals surface area contributed by atoms with Crippen molar-refractivity contribution < 1.29 is 0 Å². The molecular formula is C27H32N8O. The summed E-state index contributed by atoms with van der Waals surface area (Å²) in [5, 5.41) is 14.3. The topological polar surface area (TPSA) is 98.7 Å². The Bertz CT molecular complexity index is 1420. The molecule has 5 rings (SSSR count). The van der Waals surface area contributed by atoms with Gasteiger partial charge in [-0.1, -0.05) is 51.0 Å². The zero-order chi connectivity index (χ0) is 25.0. The molecule has 0 saturated carbocycles. The van der Waals surface area contributed by atoms with E-state index >= 15 is 0 Å². The fourth-order valence-corrected chi connectivity index (χ4v) is 4.95. The zero-order valence-electron chi connectivity index (χ0n) is 20.8. The van der Waals surface area contributed by atoms with E-state index in [0.29, 0.717) is 18.8 Å². The summed E-state index contributed by atoms with van der Waals surface area (Å²) in [5.41, 5.74) is 2.60. The van der Waals surface area contributed by atoms with Crippen LogP contribution in [0.15, 0.2) is 70.9 Å². The van der Waals surface area contributed by atoms with Gasteiger partial charge in [0.25, 0.3) is 0 Å². The van der Waals surface area contributed by atoms with Crippen molar-refractivity contribution >= 4 is 6.21 Å². The van der Waals surface area contributed by atoms with E-state index in [4.69, 9.17) is 0 Å². The Morgan fingerprint density at radius 3 is 2.81 bits per heavy atom. The van der Waals surface area contributed by atoms with E-state index < -0.39 is 5.41 Å². The summed E-state index contributed by atoms with van der Waals surface area (Å²) >= 11 is 0. The number of allylic oxidation sites excluding steroid dienone is 1. The van der Waals surface area contributed by atoms with Crippen LogP contribution in [0.4, 0.5) is 0 Å². The number of hydrogen-bond acceptors (Lipinski definition) is 5. The van der Waals surface area contributed by atoms with Gasteiger partial charge >= 0.3 is 5.69 Å². The fourth-order valence-electron chi connectivity index (χ4n) is 4.95. The molecule has 1 atom stereocenters. The molecule has 9 nitrogen and oxygen atoms in total. The number of unbranched alkanes of at least 4 members (excludes halogenated alkanes) is 1. The Hall–Kier alpha value is -4.01. The van der Waals surface area contributed by atoms with E-state index in [-0.39, 0.29) is 5.69 Å². The number of H-pyrrole nitrogens is 1. The maximum Gasteiger partial charge on any atom is 0.334 e. The first-order valence-corrected chi connectivity index (χ1v) is 12.7. The summed E-state index contributed by atoms with van der Waals surface area (Å²) in [6.45, 7) is 5.74. The number of nitrogens with one attached hydrogen (secondary N) is 1. The number of benzene rings is 1. The summed E-state index contributed by atoms with van der Waals surface area (Å²) in [4.78, 5) is 18.3. The molecule has 1 aliphatic heterocycles. The minimum atomic E-state index is -0.423. The molecule has 0 aliphatic carbocycles. The van der Waals surface area contributed by atoms with Crippen molar-refractivity contribution in [2.24, 2.45) is 4.99 Å². The highest BCUT2D eigenvalue weighted by Gasteiger charge is 2.33. The van der Waals surface area contributed by atoms with Crippen molar-refractivity contribution in [3.8, 4) is 17.2 Å². The quantitative estimate of drug-likeness (QED) is 0.363. The molecule has 3 aromatic heterocycles. The Labute approximate surface area is 210 Å². The monoisotopic (exact) mass is 484 g/mol. The van der Waals surface area contributed by atoms with Crippen molar-refractivity contribution in [1.29, 1.82) is 0 Å². The Morgan fingerprint density at radius 2 is 2.06 bits per heavy atom. The molecule has 1 N–H and O–H groups in total. The standard InChI is InChI=1S/C27H32N8O/c1-3-5-16-33-17-7-11-24(33)34-19-23(8-4-2)35(26(34)36)20-27(12-14-28-15-13-27)22-10-6-9-21(18-22)25-29-31-32-30-25/h6-7,9-12,14-15,17-19H,3-5,8,13,16,20H2,1-2H3,(H,29,30,31,32). The summed E-state index contributed by atoms with van der Waals surface area (Å²) in [6.07, 6.45) is 14.6. The van der Waals surface area contributed by atoms with Crippen LogP contribution < -0.4 is 5.69 Å². The SMILES string of the molecule is CCCCn1cccc1-n1cc(CCC)n(CC2(c3cccc(-c4nnn[nH]4)c3)C=CN=CC2)c1=O. The molecular weight excluding hydrogens is 452 g/mol. The number of hydrogen-bond donors (Lipinski definition) is 1. The van der Waals surface area contributed by atoms with Crippen molar-refractivity contribution in [3.05, 3.63) is 82.8 Å². The lowest BCUT2D eigenvalue weighted by molar-refractivity contribution is 0.439. The van der Waals surface area contributed by atoms with E-state index in [1.165, 1.54) is 0 Å². The molecule has 0 spiro atoms. The van der Waals surface area contributed by atoms with Crippen LogP contribution in [-0.4, -0.2) is 40.5 Å². The van der Waals surface area contributed by atoms with Crippen LogP contribution in [0.25, 0.3) is 17.2 Å². The predicted octanol–water partition coefficient (Wildman–Crippen LogP) is 4.30. The number of aromatic nitrogens is 7. The van der Waals surface area contributed by atoms with Gasteiger partial charge in [-0.25, -0.2) is 9.89 Å². The minimum absolute atomic E-state index is 0.0132. The largest absolute Gasteiger partial charge is 0.334 e. The molecule has 1 aromatic carbocycles. The molecule has 9 heteroatoms. The van der Waals surface area contributed by atoms with Gasteiger partial charge in [-0.3, -0.25) is 14.1 Å². The lowest BCUT2D eigenvalue weighted by atomic mass is 9.76. The third kappa shape index (κ3) is 4.48. The van der Waals surface area contributed by atoms with E-state index in [0.717, 1.165) is 54.9 Å². The van der Waals surface area contributed by atoms with E-state index in [1.54, 1.807) is 0 Å². The summed E-state index contributed by atoms with van der Waals surface area (Å²) in [5.74, 6) is 1.53. The second-order valence-corrected chi connectivity index (χ2v) is 9.36. The van der Waals surface area contributed by atoms with Crippen LogP contribution in [0.2, 0.25) is 0 Å². The van der Waals surface area contributed by atoms with Gasteiger partial charge in [-0.15, -0.1) is 5.10 Å². The van der Waals surface area contributed by atoms with E-state index in [1.807, 2.05) is 52.0 Å². The third-order valence-corrected chi connectivity index (χ3v) is 6.91. The molecule has 0 fully saturated rings. The molecule has 1 aliphatic rings. The summed E-state index contributed by atoms with van der Waals surface area (Å²) < 4.78 is 5.93. The number of rotatable bonds is 10. The average molecular weight is 485 g/mol. The molecule has 36 heavy (non-hydrogen) atoms. The lowest BCUT2D eigenvalue weighted by Gasteiger charge is -2.32. The van der Waals surface area contributed by atoms with Crippen LogP contribution in [0.3, 0.4) is 0 Å². The molecule has 4 heterocycles. The van der Waals surface area contributed by atoms with Crippen molar-refractivity contribution in [2.75, 3.05) is 0 Å². The number of aryl methyl sites for hydroxylation is 2. The van der Waals surface area contributed by atoms with E-state index in [2.05, 4.69) is 68.4 Å². The van der Waals surface area contributed by atoms with Gasteiger partial charge in [-0.2, -0.15) is 0 Å². The van der Waals surface area contributed by atoms with Gasteiger partial charge in [-0.05, 0) is 53.5 Å². The molecule has 186 valence electrons. The number of aliphatic imine (C=N–C) groups is 1. The Kier molecular flexibility index (Phi) is 6.79. The van der Waals surface area contributed by atoms with Gasteiger partial charge in [0.05, 0.1) is 0 Å².